The van der Waals surface area contributed by atoms with E-state index in [4.69, 9.17) is 22.8 Å². The number of nitrogens with one attached hydrogen (secondary N) is 1. The number of hydrogen-bond acceptors (Lipinski definition) is 14. The predicted octanol–water partition coefficient (Wildman–Crippen LogP) is -0.00220. The van der Waals surface area contributed by atoms with Crippen molar-refractivity contribution in [1.82, 2.24) is 39.8 Å². The lowest BCUT2D eigenvalue weighted by Crippen LogP contribution is -2.80. The van der Waals surface area contributed by atoms with Gasteiger partial charge in [0, 0.05) is 28.2 Å². The molecule has 0 saturated carbocycles. The van der Waals surface area contributed by atoms with Gasteiger partial charge in [0.15, 0.2) is 16.5 Å². The first kappa shape index (κ1) is 26.6. The highest BCUT2D eigenvalue weighted by Gasteiger charge is 2.65. The largest absolute Gasteiger partial charge is 0.477 e. The molecule has 5 rings (SSSR count). The lowest BCUT2D eigenvalue weighted by atomic mass is 9.87. The topological polar surface area (TPSA) is 204 Å². The van der Waals surface area contributed by atoms with Crippen LogP contribution in [0.1, 0.15) is 24.5 Å². The molecule has 0 bridgehead atoms. The van der Waals surface area contributed by atoms with E-state index in [1.165, 1.54) is 16.4 Å². The highest BCUT2D eigenvalue weighted by Crippen LogP contribution is 2.47. The maximum absolute atomic E-state index is 13.6. The molecule has 3 atom stereocenters. The Balaban J connectivity index is 1.45. The van der Waals surface area contributed by atoms with Crippen molar-refractivity contribution in [2.45, 2.75) is 36.4 Å². The Morgan fingerprint density at radius 1 is 1.46 bits per heavy atom. The summed E-state index contributed by atoms with van der Waals surface area (Å²) >= 11 is 7.25. The molecule has 2 aliphatic heterocycles. The van der Waals surface area contributed by atoms with Crippen LogP contribution in [-0.4, -0.2) is 91.2 Å². The van der Waals surface area contributed by atoms with E-state index in [-0.39, 0.29) is 52.2 Å². The first-order chi connectivity index (χ1) is 18.8. The maximum Gasteiger partial charge on any atom is 0.353 e. The number of rotatable bonds is 10. The minimum atomic E-state index is -1.72. The van der Waals surface area contributed by atoms with Gasteiger partial charge in [0.05, 0.1) is 6.54 Å². The molecule has 3 aliphatic rings. The Morgan fingerprint density at radius 3 is 2.92 bits per heavy atom. The number of carbonyl (C=O) groups excluding carboxylic acids is 2. The molecular formula is C21H20N10O5S3. The summed E-state index contributed by atoms with van der Waals surface area (Å²) in [6.45, 7) is 3.88. The molecule has 4 N–H and O–H groups in total. The van der Waals surface area contributed by atoms with E-state index in [0.29, 0.717) is 6.42 Å². The number of aromatic nitrogens is 6. The summed E-state index contributed by atoms with van der Waals surface area (Å²) in [5.41, 5.74) is 3.63. The molecule has 4 heterocycles. The number of allylic oxidation sites excluding steroid dienone is 2. The van der Waals surface area contributed by atoms with Gasteiger partial charge in [-0.1, -0.05) is 29.5 Å². The lowest BCUT2D eigenvalue weighted by Gasteiger charge is -2.55. The number of nitrogens with zero attached hydrogens (tertiary/aromatic N) is 8. The minimum Gasteiger partial charge on any atom is -0.477 e. The molecule has 0 radical (unpaired) electrons. The highest BCUT2D eigenvalue weighted by atomic mass is 32.2. The first-order valence-corrected chi connectivity index (χ1v) is 13.7. The molecule has 0 aromatic carbocycles. The number of hydrogen-bond donors (Lipinski definition) is 3. The van der Waals surface area contributed by atoms with Crippen molar-refractivity contribution in [3.05, 3.63) is 42.2 Å². The lowest BCUT2D eigenvalue weighted by molar-refractivity contribution is -0.153. The predicted molar refractivity (Wildman–Crippen MR) is 144 cm³/mol. The number of carbonyl (C=O) groups is 3. The van der Waals surface area contributed by atoms with E-state index < -0.39 is 28.7 Å². The summed E-state index contributed by atoms with van der Waals surface area (Å²) in [5, 5.41) is 28.4. The molecule has 202 valence electrons. The zero-order valence-corrected chi connectivity index (χ0v) is 22.4. The van der Waals surface area contributed by atoms with E-state index in [1.54, 1.807) is 6.08 Å². The van der Waals surface area contributed by atoms with Crippen LogP contribution in [0.4, 0.5) is 5.13 Å². The Labute approximate surface area is 234 Å². The third-order valence-electron chi connectivity index (χ3n) is 6.04. The second kappa shape index (κ2) is 10.6. The van der Waals surface area contributed by atoms with E-state index >= 15 is 0 Å². The summed E-state index contributed by atoms with van der Waals surface area (Å²) < 4.78 is 5.42. The number of aliphatic carboxylic acids is 1. The summed E-state index contributed by atoms with van der Waals surface area (Å²) in [6, 6.07) is 0. The van der Waals surface area contributed by atoms with Crippen LogP contribution in [0.5, 0.6) is 0 Å². The molecule has 18 heteroatoms. The fourth-order valence-corrected chi connectivity index (χ4v) is 6.49. The molecule has 1 saturated heterocycles. The second-order valence-corrected chi connectivity index (χ2v) is 10.5. The van der Waals surface area contributed by atoms with Crippen molar-refractivity contribution in [3.8, 4) is 0 Å². The summed E-state index contributed by atoms with van der Waals surface area (Å²) in [7, 11) is 0. The van der Waals surface area contributed by atoms with Crippen LogP contribution in [0.3, 0.4) is 0 Å². The van der Waals surface area contributed by atoms with Gasteiger partial charge in [0.2, 0.25) is 11.5 Å². The number of thiocarbonyl (C=S) groups is 1. The average Bonchev–Trinajstić information content (AvgIpc) is 3.69. The molecule has 0 spiro atoms. The Morgan fingerprint density at radius 2 is 2.28 bits per heavy atom. The van der Waals surface area contributed by atoms with Gasteiger partial charge in [-0.2, -0.15) is 9.36 Å². The number of nitrogen functional groups attached to an aromatic ring is 1. The number of carboxylic acid groups (broad SMARTS) is 1. The minimum absolute atomic E-state index is 0.0844. The Hall–Kier alpha value is -4.03. The number of fused-ring (bicyclic) bond motifs is 1. The van der Waals surface area contributed by atoms with Gasteiger partial charge in [-0.15, -0.1) is 23.4 Å². The van der Waals surface area contributed by atoms with Gasteiger partial charge in [0.25, 0.3) is 11.8 Å². The average molecular weight is 589 g/mol. The molecule has 39 heavy (non-hydrogen) atoms. The molecule has 1 fully saturated rings. The maximum atomic E-state index is 13.6. The number of nitrogens with two attached hydrogens (primary N) is 1. The molecule has 15 nitrogen and oxygen atoms in total. The van der Waals surface area contributed by atoms with Crippen molar-refractivity contribution in [2.24, 2.45) is 5.16 Å². The number of tetrazole rings is 1. The zero-order valence-electron chi connectivity index (χ0n) is 20.0. The Kier molecular flexibility index (Phi) is 7.23. The van der Waals surface area contributed by atoms with Gasteiger partial charge in [-0.3, -0.25) is 14.5 Å². The van der Waals surface area contributed by atoms with Crippen LogP contribution in [0.15, 0.2) is 35.7 Å². The van der Waals surface area contributed by atoms with E-state index in [0.717, 1.165) is 28.2 Å². The van der Waals surface area contributed by atoms with Crippen molar-refractivity contribution in [1.29, 1.82) is 0 Å². The number of amides is 2. The standard InChI is InChI=1S/C21H20N10O5S3/c1-2-7-30-15(25-28-29-30)11-8-38-19-21(9-37,18(35)31(19)13(11)17(33)34)24-16(32)12(14-23-20(22)39-27-14)26-36-10-5-3-4-6-10/h2-3,5,9-10,19H,1,4,6-8H2,(H,24,32)(H,33,34)(H2,22,23,27)/t10?,19-,21?/m0/s1. The van der Waals surface area contributed by atoms with Gasteiger partial charge in [-0.05, 0) is 29.3 Å². The third-order valence-corrected chi connectivity index (χ3v) is 8.31. The van der Waals surface area contributed by atoms with Gasteiger partial charge < -0.3 is 21.0 Å². The molecule has 2 unspecified atom stereocenters. The van der Waals surface area contributed by atoms with Crippen molar-refractivity contribution >= 4 is 75.1 Å². The number of carboxylic acids is 1. The molecular weight excluding hydrogens is 568 g/mol. The fraction of sp³-hybridized carbons (Fsp3) is 0.333. The van der Waals surface area contributed by atoms with Crippen LogP contribution in [0, 0.1) is 0 Å². The SMILES string of the molecule is C=CCn1nnnc1C1=C(C(=O)O)N2C(=O)C(C=S)(NC(=O)C(=NOC3C=CCC3)c3nsc(N)n3)[C@@H]2SC1. The Bertz CT molecular complexity index is 1470. The number of anilines is 1. The van der Waals surface area contributed by atoms with Crippen LogP contribution in [0.2, 0.25) is 0 Å². The molecule has 2 amide bonds. The smallest absolute Gasteiger partial charge is 0.353 e. The summed E-state index contributed by atoms with van der Waals surface area (Å²) in [4.78, 5) is 49.9. The van der Waals surface area contributed by atoms with Crippen molar-refractivity contribution in [2.75, 3.05) is 11.5 Å². The second-order valence-electron chi connectivity index (χ2n) is 8.43. The zero-order chi connectivity index (χ0) is 27.7. The molecule has 2 aromatic rings. The number of oxime groups is 1. The van der Waals surface area contributed by atoms with Crippen molar-refractivity contribution < 1.29 is 24.3 Å². The number of β-lactam (4-membered cyclic amide) rings is 1. The van der Waals surface area contributed by atoms with Gasteiger partial charge in [-0.25, -0.2) is 9.48 Å². The normalized spacial score (nSPS) is 24.3. The summed E-state index contributed by atoms with van der Waals surface area (Å²) in [6.07, 6.45) is 6.45. The van der Waals surface area contributed by atoms with Crippen LogP contribution < -0.4 is 11.1 Å². The van der Waals surface area contributed by atoms with Crippen LogP contribution in [-0.2, 0) is 25.8 Å². The van der Waals surface area contributed by atoms with E-state index in [9.17, 15) is 19.5 Å². The number of thioether (sulfide) groups is 1. The van der Waals surface area contributed by atoms with E-state index in [2.05, 4.69) is 41.9 Å². The quantitative estimate of drug-likeness (QED) is 0.110. The third kappa shape index (κ3) is 4.59. The van der Waals surface area contributed by atoms with Crippen LogP contribution >= 0.6 is 35.5 Å². The fourth-order valence-electron chi connectivity index (χ4n) is 4.25. The van der Waals surface area contributed by atoms with Crippen LogP contribution in [0.25, 0.3) is 5.57 Å². The monoisotopic (exact) mass is 588 g/mol. The molecule has 1 aliphatic carbocycles. The highest BCUT2D eigenvalue weighted by molar-refractivity contribution is 8.00. The van der Waals surface area contributed by atoms with Gasteiger partial charge >= 0.3 is 5.97 Å². The van der Waals surface area contributed by atoms with Gasteiger partial charge in [0.1, 0.15) is 17.2 Å². The first-order valence-electron chi connectivity index (χ1n) is 11.4. The van der Waals surface area contributed by atoms with Crippen molar-refractivity contribution in [3.63, 3.8) is 0 Å². The molecule has 2 aromatic heterocycles. The summed E-state index contributed by atoms with van der Waals surface area (Å²) in [5.74, 6) is -2.72. The van der Waals surface area contributed by atoms with E-state index in [1.807, 2.05) is 12.2 Å².